The van der Waals surface area contributed by atoms with Crippen LogP contribution in [0.25, 0.3) is 10.9 Å². The Morgan fingerprint density at radius 3 is 2.73 bits per heavy atom. The number of aromatic nitrogens is 2. The van der Waals surface area contributed by atoms with Crippen molar-refractivity contribution < 1.29 is 18.7 Å². The minimum atomic E-state index is -0.482. The molecule has 0 spiro atoms. The van der Waals surface area contributed by atoms with Crippen LogP contribution in [0.5, 0.6) is 11.5 Å². The van der Waals surface area contributed by atoms with Gasteiger partial charge in [-0.3, -0.25) is 0 Å². The zero-order valence-corrected chi connectivity index (χ0v) is 21.4. The van der Waals surface area contributed by atoms with Crippen molar-refractivity contribution in [1.82, 2.24) is 25.5 Å². The molecule has 1 saturated heterocycles. The number of hydrogen-bond donors (Lipinski definition) is 3. The van der Waals surface area contributed by atoms with Crippen LogP contribution in [0, 0.1) is 5.82 Å². The van der Waals surface area contributed by atoms with Crippen LogP contribution in [0.3, 0.4) is 0 Å². The van der Waals surface area contributed by atoms with E-state index in [1.807, 2.05) is 17.0 Å². The molecule has 2 aromatic carbocycles. The van der Waals surface area contributed by atoms with Crippen molar-refractivity contribution in [1.29, 1.82) is 0 Å². The average Bonchev–Trinajstić information content (AvgIpc) is 3.31. The number of urea groups is 1. The van der Waals surface area contributed by atoms with Gasteiger partial charge in [-0.1, -0.05) is 11.6 Å². The molecule has 9 nitrogen and oxygen atoms in total. The Morgan fingerprint density at radius 2 is 2.00 bits per heavy atom. The number of fused-ring (bicyclic) bond motifs is 1. The number of carbonyl (C=O) groups is 1. The van der Waals surface area contributed by atoms with E-state index in [2.05, 4.69) is 25.9 Å². The molecule has 2 fully saturated rings. The lowest BCUT2D eigenvalue weighted by atomic mass is 9.93. The molecule has 2 aliphatic rings. The molecule has 2 heterocycles. The van der Waals surface area contributed by atoms with Crippen LogP contribution in [-0.2, 0) is 0 Å². The van der Waals surface area contributed by atoms with Gasteiger partial charge in [-0.15, -0.1) is 0 Å². The first-order valence-corrected chi connectivity index (χ1v) is 12.9. The minimum absolute atomic E-state index is 0.0217. The van der Waals surface area contributed by atoms with Gasteiger partial charge in [-0.25, -0.2) is 19.2 Å². The second-order valence-corrected chi connectivity index (χ2v) is 9.67. The van der Waals surface area contributed by atoms with Crippen LogP contribution in [-0.4, -0.2) is 66.3 Å². The summed E-state index contributed by atoms with van der Waals surface area (Å²) in [5.74, 6) is 1.30. The van der Waals surface area contributed by atoms with E-state index < -0.39 is 5.82 Å². The highest BCUT2D eigenvalue weighted by molar-refractivity contribution is 6.31. The first-order chi connectivity index (χ1) is 18.0. The van der Waals surface area contributed by atoms with E-state index in [0.717, 1.165) is 57.2 Å². The zero-order chi connectivity index (χ0) is 25.8. The number of halogens is 2. The summed E-state index contributed by atoms with van der Waals surface area (Å²) >= 11 is 5.94. The number of nitrogens with zero attached hydrogens (tertiary/aromatic N) is 3. The van der Waals surface area contributed by atoms with E-state index in [-0.39, 0.29) is 17.2 Å². The molecule has 0 bridgehead atoms. The van der Waals surface area contributed by atoms with E-state index in [9.17, 15) is 9.18 Å². The average molecular weight is 529 g/mol. The molecule has 1 aliphatic heterocycles. The summed E-state index contributed by atoms with van der Waals surface area (Å²) in [6.07, 6.45) is 5.33. The van der Waals surface area contributed by atoms with Crippen molar-refractivity contribution >= 4 is 40.0 Å². The third kappa shape index (κ3) is 5.97. The maximum absolute atomic E-state index is 13.6. The zero-order valence-electron chi connectivity index (χ0n) is 20.6. The minimum Gasteiger partial charge on any atom is -0.493 e. The Bertz CT molecular complexity index is 1270. The molecule has 5 rings (SSSR count). The summed E-state index contributed by atoms with van der Waals surface area (Å²) in [4.78, 5) is 22.3. The summed E-state index contributed by atoms with van der Waals surface area (Å²) in [6, 6.07) is 8.56. The summed E-state index contributed by atoms with van der Waals surface area (Å²) in [5.41, 5.74) is 1.30. The second kappa shape index (κ2) is 11.4. The molecule has 3 aromatic rings. The number of benzene rings is 2. The van der Waals surface area contributed by atoms with Crippen LogP contribution in [0.2, 0.25) is 5.02 Å². The fourth-order valence-corrected chi connectivity index (χ4v) is 5.00. The fourth-order valence-electron chi connectivity index (χ4n) is 4.82. The molecule has 0 unspecified atom stereocenters. The van der Waals surface area contributed by atoms with E-state index in [0.29, 0.717) is 34.6 Å². The maximum Gasteiger partial charge on any atom is 0.317 e. The quantitative estimate of drug-likeness (QED) is 0.376. The summed E-state index contributed by atoms with van der Waals surface area (Å²) < 4.78 is 25.6. The molecule has 1 saturated carbocycles. The van der Waals surface area contributed by atoms with Gasteiger partial charge in [0.05, 0.1) is 23.8 Å². The van der Waals surface area contributed by atoms with Gasteiger partial charge in [0.15, 0.2) is 11.5 Å². The normalized spacial score (nSPS) is 19.6. The number of ether oxygens (including phenoxy) is 2. The number of carbonyl (C=O) groups excluding carboxylic acids is 1. The van der Waals surface area contributed by atoms with E-state index in [4.69, 9.17) is 21.1 Å². The lowest BCUT2D eigenvalue weighted by molar-refractivity contribution is 0.135. The Labute approximate surface area is 219 Å². The molecule has 2 amide bonds. The highest BCUT2D eigenvalue weighted by Gasteiger charge is 2.25. The van der Waals surface area contributed by atoms with Gasteiger partial charge in [0.25, 0.3) is 0 Å². The molecular weight excluding hydrogens is 499 g/mol. The maximum atomic E-state index is 13.6. The van der Waals surface area contributed by atoms with E-state index in [1.165, 1.54) is 18.5 Å². The molecule has 11 heteroatoms. The standard InChI is InChI=1S/C26H30ClFN6O3/c1-36-23-14-22-19(25(32-15-31-22)33-17-4-7-21(28)20(27)12-17)13-24(23)37-18-5-2-16(3-6-18)29-8-10-34-11-9-30-26(34)35/h4,7,12-16,18,29H,2-3,5-6,8-11H2,1H3,(H,30,35)(H,31,32,33). The topological polar surface area (TPSA) is 101 Å². The molecule has 1 aromatic heterocycles. The third-order valence-electron chi connectivity index (χ3n) is 6.83. The van der Waals surface area contributed by atoms with Gasteiger partial charge in [-0.2, -0.15) is 0 Å². The molecule has 37 heavy (non-hydrogen) atoms. The Hall–Kier alpha value is -3.37. The fraction of sp³-hybridized carbons (Fsp3) is 0.423. The predicted octanol–water partition coefficient (Wildman–Crippen LogP) is 4.48. The van der Waals surface area contributed by atoms with Crippen LogP contribution in [0.15, 0.2) is 36.7 Å². The Kier molecular flexibility index (Phi) is 7.76. The van der Waals surface area contributed by atoms with Gasteiger partial charge in [0, 0.05) is 49.4 Å². The van der Waals surface area contributed by atoms with E-state index >= 15 is 0 Å². The number of anilines is 2. The second-order valence-electron chi connectivity index (χ2n) is 9.26. The highest BCUT2D eigenvalue weighted by atomic mass is 35.5. The number of nitrogens with one attached hydrogen (secondary N) is 3. The molecule has 0 radical (unpaired) electrons. The summed E-state index contributed by atoms with van der Waals surface area (Å²) in [7, 11) is 1.61. The van der Waals surface area contributed by atoms with Crippen LogP contribution >= 0.6 is 11.6 Å². The number of hydrogen-bond acceptors (Lipinski definition) is 7. The van der Waals surface area contributed by atoms with Crippen molar-refractivity contribution in [2.45, 2.75) is 37.8 Å². The highest BCUT2D eigenvalue weighted by Crippen LogP contribution is 2.37. The van der Waals surface area contributed by atoms with Gasteiger partial charge in [0.2, 0.25) is 0 Å². The Morgan fingerprint density at radius 1 is 1.16 bits per heavy atom. The third-order valence-corrected chi connectivity index (χ3v) is 7.12. The van der Waals surface area contributed by atoms with Crippen molar-refractivity contribution in [2.24, 2.45) is 0 Å². The summed E-state index contributed by atoms with van der Waals surface area (Å²) in [6.45, 7) is 3.01. The number of amides is 2. The summed E-state index contributed by atoms with van der Waals surface area (Å²) in [5, 5.41) is 10.4. The number of methoxy groups -OCH3 is 1. The van der Waals surface area contributed by atoms with Gasteiger partial charge in [-0.05, 0) is 49.9 Å². The SMILES string of the molecule is COc1cc2ncnc(Nc3ccc(F)c(Cl)c3)c2cc1OC1CCC(NCCN2CCNC2=O)CC1. The molecule has 0 atom stereocenters. The first-order valence-electron chi connectivity index (χ1n) is 12.5. The first kappa shape index (κ1) is 25.3. The largest absolute Gasteiger partial charge is 0.493 e. The predicted molar refractivity (Wildman–Crippen MR) is 140 cm³/mol. The molecule has 1 aliphatic carbocycles. The van der Waals surface area contributed by atoms with Gasteiger partial charge < -0.3 is 30.3 Å². The van der Waals surface area contributed by atoms with Crippen molar-refractivity contribution in [3.63, 3.8) is 0 Å². The molecular formula is C26H30ClFN6O3. The molecule has 196 valence electrons. The van der Waals surface area contributed by atoms with Gasteiger partial charge >= 0.3 is 6.03 Å². The van der Waals surface area contributed by atoms with Crippen molar-refractivity contribution in [2.75, 3.05) is 38.6 Å². The van der Waals surface area contributed by atoms with Crippen LogP contribution in [0.1, 0.15) is 25.7 Å². The smallest absolute Gasteiger partial charge is 0.317 e. The number of rotatable bonds is 9. The van der Waals surface area contributed by atoms with E-state index in [1.54, 1.807) is 13.2 Å². The van der Waals surface area contributed by atoms with Crippen molar-refractivity contribution in [3.8, 4) is 11.5 Å². The lowest BCUT2D eigenvalue weighted by Crippen LogP contribution is -2.41. The lowest BCUT2D eigenvalue weighted by Gasteiger charge is -2.30. The van der Waals surface area contributed by atoms with Gasteiger partial charge in [0.1, 0.15) is 18.0 Å². The monoisotopic (exact) mass is 528 g/mol. The van der Waals surface area contributed by atoms with Crippen LogP contribution in [0.4, 0.5) is 20.7 Å². The molecule has 3 N–H and O–H groups in total. The van der Waals surface area contributed by atoms with Crippen LogP contribution < -0.4 is 25.4 Å². The Balaban J connectivity index is 1.23. The van der Waals surface area contributed by atoms with Crippen molar-refractivity contribution in [3.05, 3.63) is 47.5 Å².